The minimum Gasteiger partial charge on any atom is -0.480 e. The molecule has 2 heterocycles. The molecule has 112 valence electrons. The number of aliphatic carboxylic acids is 1. The van der Waals surface area contributed by atoms with Crippen molar-refractivity contribution < 1.29 is 19.4 Å². The molecule has 3 unspecified atom stereocenters. The van der Waals surface area contributed by atoms with Gasteiger partial charge >= 0.3 is 5.97 Å². The Hall–Kier alpha value is -1.14. The predicted octanol–water partition coefficient (Wildman–Crippen LogP) is 0.204. The normalized spacial score (nSPS) is 42.1. The van der Waals surface area contributed by atoms with Crippen LogP contribution in [0.5, 0.6) is 0 Å². The molecule has 3 aliphatic rings. The van der Waals surface area contributed by atoms with Gasteiger partial charge in [0.1, 0.15) is 11.6 Å². The van der Waals surface area contributed by atoms with Gasteiger partial charge in [-0.15, -0.1) is 0 Å². The number of amides is 1. The minimum atomic E-state index is -0.994. The molecule has 0 aromatic rings. The lowest BCUT2D eigenvalue weighted by Crippen LogP contribution is -2.80. The van der Waals surface area contributed by atoms with Gasteiger partial charge < -0.3 is 20.5 Å². The van der Waals surface area contributed by atoms with Crippen LogP contribution in [0.3, 0.4) is 0 Å². The van der Waals surface area contributed by atoms with E-state index in [0.717, 1.165) is 12.8 Å². The van der Waals surface area contributed by atoms with E-state index in [-0.39, 0.29) is 17.9 Å². The fraction of sp³-hybridized carbons (Fsp3) is 0.857. The molecule has 3 fully saturated rings. The van der Waals surface area contributed by atoms with E-state index in [9.17, 15) is 14.7 Å². The molecule has 0 aromatic carbocycles. The highest BCUT2D eigenvalue weighted by Gasteiger charge is 2.72. The van der Waals surface area contributed by atoms with Crippen molar-refractivity contribution in [1.82, 2.24) is 4.90 Å². The molecule has 6 nitrogen and oxygen atoms in total. The second-order valence-electron chi connectivity index (χ2n) is 6.77. The Morgan fingerprint density at radius 2 is 2.05 bits per heavy atom. The van der Waals surface area contributed by atoms with E-state index in [4.69, 9.17) is 10.5 Å². The summed E-state index contributed by atoms with van der Waals surface area (Å²) in [7, 11) is 0. The van der Waals surface area contributed by atoms with Crippen molar-refractivity contribution in [3.8, 4) is 0 Å². The maximum atomic E-state index is 12.9. The summed E-state index contributed by atoms with van der Waals surface area (Å²) in [5.74, 6) is -1.13. The first kappa shape index (κ1) is 13.8. The number of carbonyl (C=O) groups excluding carboxylic acids is 1. The molecular formula is C14H22N2O4. The Morgan fingerprint density at radius 1 is 1.35 bits per heavy atom. The van der Waals surface area contributed by atoms with Crippen LogP contribution >= 0.6 is 0 Å². The molecule has 1 saturated carbocycles. The Balaban J connectivity index is 1.88. The van der Waals surface area contributed by atoms with Crippen molar-refractivity contribution in [2.24, 2.45) is 17.1 Å². The fourth-order valence-electron chi connectivity index (χ4n) is 4.32. The molecule has 2 aliphatic heterocycles. The van der Waals surface area contributed by atoms with Gasteiger partial charge in [-0.2, -0.15) is 0 Å². The van der Waals surface area contributed by atoms with Gasteiger partial charge in [-0.3, -0.25) is 4.79 Å². The molecule has 20 heavy (non-hydrogen) atoms. The van der Waals surface area contributed by atoms with E-state index in [1.54, 1.807) is 0 Å². The third kappa shape index (κ3) is 1.46. The van der Waals surface area contributed by atoms with Crippen LogP contribution in [-0.2, 0) is 14.3 Å². The van der Waals surface area contributed by atoms with Gasteiger partial charge in [-0.25, -0.2) is 4.79 Å². The Bertz CT molecular complexity index is 464. The van der Waals surface area contributed by atoms with Crippen LogP contribution in [0.1, 0.15) is 33.1 Å². The minimum absolute atomic E-state index is 0.0139. The predicted molar refractivity (Wildman–Crippen MR) is 70.9 cm³/mol. The molecule has 4 atom stereocenters. The van der Waals surface area contributed by atoms with E-state index in [0.29, 0.717) is 19.6 Å². The summed E-state index contributed by atoms with van der Waals surface area (Å²) in [6.07, 6.45) is 2.04. The quantitative estimate of drug-likeness (QED) is 0.755. The number of ether oxygens (including phenoxy) is 1. The molecule has 6 heteroatoms. The molecule has 0 spiro atoms. The first-order chi connectivity index (χ1) is 9.31. The molecular weight excluding hydrogens is 260 g/mol. The van der Waals surface area contributed by atoms with Gasteiger partial charge in [-0.1, -0.05) is 13.8 Å². The first-order valence-electron chi connectivity index (χ1n) is 7.26. The summed E-state index contributed by atoms with van der Waals surface area (Å²) in [5, 5.41) is 9.25. The Morgan fingerprint density at radius 3 is 2.70 bits per heavy atom. The van der Waals surface area contributed by atoms with Crippen molar-refractivity contribution in [3.05, 3.63) is 0 Å². The van der Waals surface area contributed by atoms with E-state index in [1.807, 2.05) is 13.8 Å². The molecule has 0 bridgehead atoms. The highest BCUT2D eigenvalue weighted by atomic mass is 16.5. The van der Waals surface area contributed by atoms with Gasteiger partial charge in [0, 0.05) is 24.5 Å². The number of carbonyl (C=O) groups is 2. The third-order valence-corrected chi connectivity index (χ3v) is 5.61. The zero-order valence-corrected chi connectivity index (χ0v) is 12.0. The molecule has 1 amide bonds. The second kappa shape index (κ2) is 4.18. The van der Waals surface area contributed by atoms with Crippen LogP contribution in [0.25, 0.3) is 0 Å². The zero-order chi connectivity index (χ0) is 14.7. The molecule has 0 aromatic heterocycles. The largest absolute Gasteiger partial charge is 0.480 e. The lowest BCUT2D eigenvalue weighted by molar-refractivity contribution is -0.186. The number of rotatable bonds is 2. The standard InChI is InChI=1S/C14H22N2O4/c1-13(2)10-8(5-7-20-10)14(13,15)12(19)16-6-3-4-9(16)11(17)18/h8-10H,3-7,15H2,1-2H3,(H,17,18)/t8?,9-,10?,14?/m0/s1. The summed E-state index contributed by atoms with van der Waals surface area (Å²) in [5.41, 5.74) is 5.05. The summed E-state index contributed by atoms with van der Waals surface area (Å²) < 4.78 is 5.68. The molecule has 2 saturated heterocycles. The topological polar surface area (TPSA) is 92.9 Å². The van der Waals surface area contributed by atoms with Crippen LogP contribution in [0.15, 0.2) is 0 Å². The number of nitrogens with zero attached hydrogens (tertiary/aromatic N) is 1. The fourth-order valence-corrected chi connectivity index (χ4v) is 4.32. The maximum absolute atomic E-state index is 12.9. The van der Waals surface area contributed by atoms with Crippen molar-refractivity contribution in [2.75, 3.05) is 13.2 Å². The number of fused-ring (bicyclic) bond motifs is 1. The maximum Gasteiger partial charge on any atom is 0.326 e. The lowest BCUT2D eigenvalue weighted by atomic mass is 9.47. The second-order valence-corrected chi connectivity index (χ2v) is 6.77. The van der Waals surface area contributed by atoms with Gasteiger partial charge in [0.15, 0.2) is 0 Å². The molecule has 0 radical (unpaired) electrons. The average Bonchev–Trinajstić information content (AvgIpc) is 3.04. The summed E-state index contributed by atoms with van der Waals surface area (Å²) in [4.78, 5) is 25.7. The van der Waals surface area contributed by atoms with Gasteiger partial charge in [0.25, 0.3) is 0 Å². The summed E-state index contributed by atoms with van der Waals surface area (Å²) in [6.45, 7) is 5.02. The lowest BCUT2D eigenvalue weighted by Gasteiger charge is -2.61. The van der Waals surface area contributed by atoms with Crippen LogP contribution in [0.2, 0.25) is 0 Å². The molecule has 1 aliphatic carbocycles. The SMILES string of the molecule is CC1(C)C2OCCC2C1(N)C(=O)N1CCC[C@H]1C(=O)O. The van der Waals surface area contributed by atoms with Crippen LogP contribution in [0.4, 0.5) is 0 Å². The van der Waals surface area contributed by atoms with E-state index in [2.05, 4.69) is 0 Å². The van der Waals surface area contributed by atoms with Gasteiger partial charge in [0.05, 0.1) is 6.10 Å². The number of likely N-dealkylation sites (tertiary alicyclic amines) is 1. The monoisotopic (exact) mass is 282 g/mol. The Kier molecular flexibility index (Phi) is 2.89. The van der Waals surface area contributed by atoms with E-state index in [1.165, 1.54) is 4.90 Å². The van der Waals surface area contributed by atoms with E-state index >= 15 is 0 Å². The average molecular weight is 282 g/mol. The van der Waals surface area contributed by atoms with Crippen LogP contribution < -0.4 is 5.73 Å². The van der Waals surface area contributed by atoms with Crippen molar-refractivity contribution in [3.63, 3.8) is 0 Å². The number of carboxylic acids is 1. The van der Waals surface area contributed by atoms with Gasteiger partial charge in [0.2, 0.25) is 5.91 Å². The highest BCUT2D eigenvalue weighted by Crippen LogP contribution is 2.59. The van der Waals surface area contributed by atoms with Crippen LogP contribution in [0, 0.1) is 11.3 Å². The van der Waals surface area contributed by atoms with Crippen molar-refractivity contribution >= 4 is 11.9 Å². The summed E-state index contributed by atoms with van der Waals surface area (Å²) in [6, 6.07) is -0.722. The van der Waals surface area contributed by atoms with Gasteiger partial charge in [-0.05, 0) is 19.3 Å². The third-order valence-electron chi connectivity index (χ3n) is 5.61. The summed E-state index contributed by atoms with van der Waals surface area (Å²) >= 11 is 0. The smallest absolute Gasteiger partial charge is 0.326 e. The first-order valence-corrected chi connectivity index (χ1v) is 7.26. The Labute approximate surface area is 118 Å². The number of hydrogen-bond acceptors (Lipinski definition) is 4. The van der Waals surface area contributed by atoms with Crippen molar-refractivity contribution in [2.45, 2.75) is 50.8 Å². The molecule has 3 rings (SSSR count). The zero-order valence-electron chi connectivity index (χ0n) is 12.0. The molecule has 3 N–H and O–H groups in total. The number of hydrogen-bond donors (Lipinski definition) is 2. The van der Waals surface area contributed by atoms with Crippen molar-refractivity contribution in [1.29, 1.82) is 0 Å². The number of carboxylic acid groups (broad SMARTS) is 1. The highest BCUT2D eigenvalue weighted by molar-refractivity contribution is 5.93. The van der Waals surface area contributed by atoms with E-state index < -0.39 is 23.0 Å². The number of nitrogens with two attached hydrogens (primary N) is 1. The van der Waals surface area contributed by atoms with Crippen LogP contribution in [-0.4, -0.2) is 52.7 Å².